The zero-order chi connectivity index (χ0) is 14.9. The molecule has 0 saturated carbocycles. The molecular weight excluding hydrogens is 254 g/mol. The topological polar surface area (TPSA) is 75.6 Å². The van der Waals surface area contributed by atoms with Crippen LogP contribution in [0.3, 0.4) is 0 Å². The Morgan fingerprint density at radius 1 is 1.30 bits per heavy atom. The SMILES string of the molecule is Cc1nc(C)c(C(C)Nc2cnn(C(C)C)c2)c(=O)[nH]1. The molecule has 0 saturated heterocycles. The van der Waals surface area contributed by atoms with E-state index in [1.54, 1.807) is 13.1 Å². The number of aromatic nitrogens is 4. The molecule has 0 aliphatic rings. The lowest BCUT2D eigenvalue weighted by molar-refractivity contribution is 0.532. The molecular formula is C14H21N5O. The van der Waals surface area contributed by atoms with Gasteiger partial charge in [0.15, 0.2) is 0 Å². The summed E-state index contributed by atoms with van der Waals surface area (Å²) >= 11 is 0. The monoisotopic (exact) mass is 275 g/mol. The van der Waals surface area contributed by atoms with E-state index in [4.69, 9.17) is 0 Å². The Kier molecular flexibility index (Phi) is 3.92. The van der Waals surface area contributed by atoms with Gasteiger partial charge in [0.1, 0.15) is 5.82 Å². The van der Waals surface area contributed by atoms with Crippen LogP contribution in [0.4, 0.5) is 5.69 Å². The summed E-state index contributed by atoms with van der Waals surface area (Å²) in [5.74, 6) is 0.635. The normalized spacial score (nSPS) is 12.7. The van der Waals surface area contributed by atoms with Gasteiger partial charge in [-0.1, -0.05) is 0 Å². The molecule has 1 atom stereocenters. The lowest BCUT2D eigenvalue weighted by Crippen LogP contribution is -2.23. The van der Waals surface area contributed by atoms with E-state index in [0.29, 0.717) is 17.4 Å². The van der Waals surface area contributed by atoms with Gasteiger partial charge in [0.25, 0.3) is 5.56 Å². The first-order valence-corrected chi connectivity index (χ1v) is 6.76. The lowest BCUT2D eigenvalue weighted by atomic mass is 10.1. The number of anilines is 1. The molecule has 0 bridgehead atoms. The van der Waals surface area contributed by atoms with Crippen LogP contribution in [0.5, 0.6) is 0 Å². The van der Waals surface area contributed by atoms with Gasteiger partial charge in [0.05, 0.1) is 29.2 Å². The number of aryl methyl sites for hydroxylation is 2. The smallest absolute Gasteiger partial charge is 0.256 e. The van der Waals surface area contributed by atoms with Crippen molar-refractivity contribution in [3.8, 4) is 0 Å². The van der Waals surface area contributed by atoms with Gasteiger partial charge in [-0.25, -0.2) is 4.98 Å². The molecule has 0 aromatic carbocycles. The summed E-state index contributed by atoms with van der Waals surface area (Å²) in [6.07, 6.45) is 3.70. The maximum Gasteiger partial charge on any atom is 0.256 e. The highest BCUT2D eigenvalue weighted by Gasteiger charge is 2.15. The van der Waals surface area contributed by atoms with Crippen molar-refractivity contribution in [1.29, 1.82) is 0 Å². The lowest BCUT2D eigenvalue weighted by Gasteiger charge is -2.15. The Morgan fingerprint density at radius 2 is 2.00 bits per heavy atom. The Labute approximate surface area is 118 Å². The summed E-state index contributed by atoms with van der Waals surface area (Å²) in [7, 11) is 0. The average molecular weight is 275 g/mol. The average Bonchev–Trinajstić information content (AvgIpc) is 2.75. The van der Waals surface area contributed by atoms with Crippen molar-refractivity contribution in [2.45, 2.75) is 46.7 Å². The summed E-state index contributed by atoms with van der Waals surface area (Å²) < 4.78 is 1.87. The van der Waals surface area contributed by atoms with E-state index in [1.165, 1.54) is 0 Å². The minimum Gasteiger partial charge on any atom is -0.376 e. The summed E-state index contributed by atoms with van der Waals surface area (Å²) in [6.45, 7) is 9.72. The minimum atomic E-state index is -0.128. The number of nitrogens with one attached hydrogen (secondary N) is 2. The number of H-pyrrole nitrogens is 1. The molecule has 6 nitrogen and oxygen atoms in total. The highest BCUT2D eigenvalue weighted by Crippen LogP contribution is 2.18. The second-order valence-electron chi connectivity index (χ2n) is 5.32. The maximum absolute atomic E-state index is 12.0. The van der Waals surface area contributed by atoms with Gasteiger partial charge in [0, 0.05) is 12.2 Å². The molecule has 6 heteroatoms. The molecule has 2 aromatic rings. The molecule has 108 valence electrons. The molecule has 0 fully saturated rings. The molecule has 2 rings (SSSR count). The van der Waals surface area contributed by atoms with E-state index in [2.05, 4.69) is 34.2 Å². The molecule has 0 radical (unpaired) electrons. The summed E-state index contributed by atoms with van der Waals surface area (Å²) in [4.78, 5) is 19.1. The van der Waals surface area contributed by atoms with Crippen LogP contribution < -0.4 is 10.9 Å². The summed E-state index contributed by atoms with van der Waals surface area (Å²) in [5, 5.41) is 7.57. The Bertz CT molecular complexity index is 656. The first-order chi connectivity index (χ1) is 9.38. The predicted molar refractivity (Wildman–Crippen MR) is 79.0 cm³/mol. The van der Waals surface area contributed by atoms with E-state index >= 15 is 0 Å². The van der Waals surface area contributed by atoms with Crippen molar-refractivity contribution in [2.75, 3.05) is 5.32 Å². The Morgan fingerprint density at radius 3 is 2.55 bits per heavy atom. The van der Waals surface area contributed by atoms with Crippen LogP contribution in [0.1, 0.15) is 49.9 Å². The molecule has 0 aliphatic carbocycles. The number of nitrogens with zero attached hydrogens (tertiary/aromatic N) is 3. The van der Waals surface area contributed by atoms with Gasteiger partial charge in [-0.05, 0) is 34.6 Å². The Balaban J connectivity index is 2.24. The fraction of sp³-hybridized carbons (Fsp3) is 0.500. The second-order valence-corrected chi connectivity index (χ2v) is 5.32. The number of aromatic amines is 1. The summed E-state index contributed by atoms with van der Waals surface area (Å²) in [5.41, 5.74) is 2.22. The van der Waals surface area contributed by atoms with Gasteiger partial charge in [0.2, 0.25) is 0 Å². The third-order valence-corrected chi connectivity index (χ3v) is 3.21. The maximum atomic E-state index is 12.0. The molecule has 1 unspecified atom stereocenters. The number of rotatable bonds is 4. The van der Waals surface area contributed by atoms with Gasteiger partial charge >= 0.3 is 0 Å². The number of hydrogen-bond acceptors (Lipinski definition) is 4. The fourth-order valence-corrected chi connectivity index (χ4v) is 2.26. The molecule has 0 amide bonds. The zero-order valence-electron chi connectivity index (χ0n) is 12.6. The van der Waals surface area contributed by atoms with Crippen LogP contribution in [0.2, 0.25) is 0 Å². The van der Waals surface area contributed by atoms with Crippen molar-refractivity contribution >= 4 is 5.69 Å². The first kappa shape index (κ1) is 14.3. The minimum absolute atomic E-state index is 0.0914. The molecule has 20 heavy (non-hydrogen) atoms. The fourth-order valence-electron chi connectivity index (χ4n) is 2.26. The van der Waals surface area contributed by atoms with Crippen LogP contribution in [0.15, 0.2) is 17.2 Å². The van der Waals surface area contributed by atoms with Crippen molar-refractivity contribution in [2.24, 2.45) is 0 Å². The van der Waals surface area contributed by atoms with Crippen LogP contribution in [0.25, 0.3) is 0 Å². The van der Waals surface area contributed by atoms with E-state index in [9.17, 15) is 4.79 Å². The van der Waals surface area contributed by atoms with Crippen LogP contribution >= 0.6 is 0 Å². The van der Waals surface area contributed by atoms with Gasteiger partial charge < -0.3 is 10.3 Å². The highest BCUT2D eigenvalue weighted by molar-refractivity contribution is 5.41. The van der Waals surface area contributed by atoms with Crippen molar-refractivity contribution in [3.63, 3.8) is 0 Å². The molecule has 0 aliphatic heterocycles. The highest BCUT2D eigenvalue weighted by atomic mass is 16.1. The van der Waals surface area contributed by atoms with Gasteiger partial charge in [-0.2, -0.15) is 5.10 Å². The van der Waals surface area contributed by atoms with E-state index in [-0.39, 0.29) is 11.6 Å². The van der Waals surface area contributed by atoms with E-state index in [0.717, 1.165) is 11.4 Å². The van der Waals surface area contributed by atoms with Crippen LogP contribution in [-0.4, -0.2) is 19.7 Å². The largest absolute Gasteiger partial charge is 0.376 e. The van der Waals surface area contributed by atoms with Crippen LogP contribution in [-0.2, 0) is 0 Å². The van der Waals surface area contributed by atoms with Gasteiger partial charge in [-0.3, -0.25) is 9.48 Å². The number of hydrogen-bond donors (Lipinski definition) is 2. The predicted octanol–water partition coefficient (Wildman–Crippen LogP) is 2.34. The van der Waals surface area contributed by atoms with Crippen molar-refractivity contribution < 1.29 is 0 Å². The van der Waals surface area contributed by atoms with Crippen LogP contribution in [0, 0.1) is 13.8 Å². The zero-order valence-corrected chi connectivity index (χ0v) is 12.6. The van der Waals surface area contributed by atoms with Crippen molar-refractivity contribution in [1.82, 2.24) is 19.7 Å². The van der Waals surface area contributed by atoms with E-state index in [1.807, 2.05) is 24.7 Å². The summed E-state index contributed by atoms with van der Waals surface area (Å²) in [6, 6.07) is 0.184. The third-order valence-electron chi connectivity index (χ3n) is 3.21. The van der Waals surface area contributed by atoms with Gasteiger partial charge in [-0.15, -0.1) is 0 Å². The van der Waals surface area contributed by atoms with Crippen molar-refractivity contribution in [3.05, 3.63) is 39.8 Å². The van der Waals surface area contributed by atoms with E-state index < -0.39 is 0 Å². The third kappa shape index (κ3) is 2.89. The molecule has 2 N–H and O–H groups in total. The molecule has 2 aromatic heterocycles. The quantitative estimate of drug-likeness (QED) is 0.898. The molecule has 2 heterocycles. The second kappa shape index (κ2) is 5.48. The Hall–Kier alpha value is -2.11. The first-order valence-electron chi connectivity index (χ1n) is 6.76. The molecule has 0 spiro atoms. The standard InChI is InChI=1S/C14H21N5O/c1-8(2)19-7-12(6-15-19)17-10(4)13-9(3)16-11(5)18-14(13)20/h6-8,10,17H,1-5H3,(H,16,18,20).